The molecule has 9 nitrogen and oxygen atoms in total. The predicted molar refractivity (Wildman–Crippen MR) is 130 cm³/mol. The van der Waals surface area contributed by atoms with E-state index >= 15 is 0 Å². The molecule has 0 saturated carbocycles. The standard InChI is InChI=1S/C24H24N6O3S/c1-2-6-20(31)21-22(16-9-11-34(32,33)12-10-16)28-24-19(14-27-30(24)23(21)25)17-13-26-29(15-17)18-7-4-3-5-8-18/h2-5,7-8,13-16H,1,6,9-12,25H2. The van der Waals surface area contributed by atoms with E-state index in [4.69, 9.17) is 10.7 Å². The number of benzene rings is 1. The average Bonchev–Trinajstić information content (AvgIpc) is 3.47. The van der Waals surface area contributed by atoms with Crippen LogP contribution in [0.25, 0.3) is 22.5 Å². The fourth-order valence-corrected chi connectivity index (χ4v) is 5.89. The van der Waals surface area contributed by atoms with Gasteiger partial charge in [-0.05, 0) is 25.0 Å². The van der Waals surface area contributed by atoms with Gasteiger partial charge in [0.25, 0.3) is 0 Å². The second-order valence-electron chi connectivity index (χ2n) is 8.40. The van der Waals surface area contributed by atoms with Crippen molar-refractivity contribution in [1.29, 1.82) is 0 Å². The number of allylic oxidation sites excluding steroid dienone is 1. The Labute approximate surface area is 196 Å². The summed E-state index contributed by atoms with van der Waals surface area (Å²) in [6.45, 7) is 3.66. The molecule has 2 N–H and O–H groups in total. The summed E-state index contributed by atoms with van der Waals surface area (Å²) in [5.41, 5.74) is 10.2. The van der Waals surface area contributed by atoms with Crippen LogP contribution in [0.3, 0.4) is 0 Å². The van der Waals surface area contributed by atoms with Gasteiger partial charge in [-0.15, -0.1) is 6.58 Å². The van der Waals surface area contributed by atoms with Gasteiger partial charge in [-0.1, -0.05) is 24.3 Å². The van der Waals surface area contributed by atoms with Gasteiger partial charge in [0, 0.05) is 29.7 Å². The molecule has 0 radical (unpaired) electrons. The lowest BCUT2D eigenvalue weighted by Gasteiger charge is -2.24. The van der Waals surface area contributed by atoms with Gasteiger partial charge in [0.2, 0.25) is 0 Å². The maximum atomic E-state index is 13.0. The summed E-state index contributed by atoms with van der Waals surface area (Å²) in [4.78, 5) is 17.8. The van der Waals surface area contributed by atoms with E-state index in [0.717, 1.165) is 16.8 Å². The van der Waals surface area contributed by atoms with E-state index in [1.165, 1.54) is 10.6 Å². The summed E-state index contributed by atoms with van der Waals surface area (Å²) in [5, 5.41) is 8.87. The smallest absolute Gasteiger partial charge is 0.172 e. The number of carbonyl (C=O) groups excluding carboxylic acids is 1. The van der Waals surface area contributed by atoms with Crippen LogP contribution in [0.1, 0.15) is 41.2 Å². The van der Waals surface area contributed by atoms with Crippen LogP contribution in [0, 0.1) is 0 Å². The van der Waals surface area contributed by atoms with Crippen molar-refractivity contribution < 1.29 is 13.2 Å². The monoisotopic (exact) mass is 476 g/mol. The number of carbonyl (C=O) groups is 1. The SMILES string of the molecule is C=CCC(=O)c1c(C2CCS(=O)(=O)CC2)nc2c(-c3cnn(-c4ccccc4)c3)cnn2c1N. The zero-order valence-electron chi connectivity index (χ0n) is 18.5. The highest BCUT2D eigenvalue weighted by Gasteiger charge is 2.31. The van der Waals surface area contributed by atoms with Crippen LogP contribution in [0.2, 0.25) is 0 Å². The molecule has 0 amide bonds. The molecule has 4 heterocycles. The van der Waals surface area contributed by atoms with Gasteiger partial charge in [0.15, 0.2) is 11.4 Å². The highest BCUT2D eigenvalue weighted by Crippen LogP contribution is 2.35. The molecule has 1 fully saturated rings. The van der Waals surface area contributed by atoms with Crippen molar-refractivity contribution in [2.75, 3.05) is 17.2 Å². The van der Waals surface area contributed by atoms with Gasteiger partial charge in [-0.25, -0.2) is 18.1 Å². The molecular weight excluding hydrogens is 452 g/mol. The van der Waals surface area contributed by atoms with Gasteiger partial charge in [0.05, 0.1) is 40.8 Å². The third kappa shape index (κ3) is 3.90. The third-order valence-electron chi connectivity index (χ3n) is 6.17. The van der Waals surface area contributed by atoms with Crippen LogP contribution in [-0.2, 0) is 9.84 Å². The number of para-hydroxylation sites is 1. The van der Waals surface area contributed by atoms with Gasteiger partial charge in [-0.2, -0.15) is 14.7 Å². The molecule has 0 bridgehead atoms. The van der Waals surface area contributed by atoms with Gasteiger partial charge in [-0.3, -0.25) is 4.79 Å². The molecule has 0 unspecified atom stereocenters. The molecule has 1 aromatic carbocycles. The van der Waals surface area contributed by atoms with Crippen LogP contribution in [-0.4, -0.2) is 50.1 Å². The Morgan fingerprint density at radius 3 is 2.59 bits per heavy atom. The lowest BCUT2D eigenvalue weighted by molar-refractivity contribution is 0.0994. The minimum absolute atomic E-state index is 0.0650. The molecule has 0 spiro atoms. The van der Waals surface area contributed by atoms with Crippen LogP contribution in [0.4, 0.5) is 5.82 Å². The molecule has 5 rings (SSSR count). The Morgan fingerprint density at radius 1 is 1.15 bits per heavy atom. The van der Waals surface area contributed by atoms with Crippen LogP contribution >= 0.6 is 0 Å². The molecule has 1 aliphatic heterocycles. The fourth-order valence-electron chi connectivity index (χ4n) is 4.40. The van der Waals surface area contributed by atoms with E-state index in [9.17, 15) is 13.2 Å². The lowest BCUT2D eigenvalue weighted by atomic mass is 9.92. The number of aromatic nitrogens is 5. The van der Waals surface area contributed by atoms with Crippen molar-refractivity contribution in [3.8, 4) is 16.8 Å². The van der Waals surface area contributed by atoms with E-state index in [0.29, 0.717) is 29.7 Å². The number of rotatable bonds is 6. The number of ketones is 1. The van der Waals surface area contributed by atoms with Crippen molar-refractivity contribution in [1.82, 2.24) is 24.4 Å². The predicted octanol–water partition coefficient (Wildman–Crippen LogP) is 3.22. The molecule has 10 heteroatoms. The van der Waals surface area contributed by atoms with Crippen molar-refractivity contribution in [2.24, 2.45) is 0 Å². The summed E-state index contributed by atoms with van der Waals surface area (Å²) in [7, 11) is -3.07. The second-order valence-corrected chi connectivity index (χ2v) is 10.7. The summed E-state index contributed by atoms with van der Waals surface area (Å²) < 4.78 is 27.2. The summed E-state index contributed by atoms with van der Waals surface area (Å²) in [5.74, 6) is -0.0685. The molecule has 0 atom stereocenters. The lowest BCUT2D eigenvalue weighted by Crippen LogP contribution is -2.25. The van der Waals surface area contributed by atoms with Gasteiger partial charge < -0.3 is 5.73 Å². The zero-order chi connectivity index (χ0) is 23.9. The molecule has 34 heavy (non-hydrogen) atoms. The second kappa shape index (κ2) is 8.53. The number of sulfone groups is 1. The van der Waals surface area contributed by atoms with Gasteiger partial charge in [0.1, 0.15) is 15.7 Å². The van der Waals surface area contributed by atoms with Crippen LogP contribution < -0.4 is 5.73 Å². The number of Topliss-reactive ketones (excluding diaryl/α,β-unsaturated/α-hetero) is 1. The number of nitrogens with two attached hydrogens (primary N) is 1. The van der Waals surface area contributed by atoms with Crippen molar-refractivity contribution in [2.45, 2.75) is 25.2 Å². The Morgan fingerprint density at radius 2 is 1.88 bits per heavy atom. The van der Waals surface area contributed by atoms with E-state index in [1.807, 2.05) is 36.5 Å². The fraction of sp³-hybridized carbons (Fsp3) is 0.250. The van der Waals surface area contributed by atoms with E-state index in [2.05, 4.69) is 16.8 Å². The first-order valence-electron chi connectivity index (χ1n) is 11.0. The summed E-state index contributed by atoms with van der Waals surface area (Å²) in [6, 6.07) is 9.72. The molecule has 1 saturated heterocycles. The molecule has 174 valence electrons. The van der Waals surface area contributed by atoms with E-state index in [-0.39, 0.29) is 35.4 Å². The number of anilines is 1. The maximum Gasteiger partial charge on any atom is 0.172 e. The maximum absolute atomic E-state index is 13.0. The number of fused-ring (bicyclic) bond motifs is 1. The first-order chi connectivity index (χ1) is 16.4. The highest BCUT2D eigenvalue weighted by molar-refractivity contribution is 7.91. The Bertz CT molecular complexity index is 1490. The summed E-state index contributed by atoms with van der Waals surface area (Å²) >= 11 is 0. The molecular formula is C24H24N6O3S. The van der Waals surface area contributed by atoms with Crippen LogP contribution in [0.5, 0.6) is 0 Å². The molecule has 4 aromatic rings. The number of hydrogen-bond acceptors (Lipinski definition) is 7. The molecule has 1 aliphatic rings. The highest BCUT2D eigenvalue weighted by atomic mass is 32.2. The Balaban J connectivity index is 1.64. The van der Waals surface area contributed by atoms with Crippen LogP contribution in [0.15, 0.2) is 61.6 Å². The van der Waals surface area contributed by atoms with Gasteiger partial charge >= 0.3 is 0 Å². The first kappa shape index (κ1) is 22.0. The minimum Gasteiger partial charge on any atom is -0.383 e. The number of nitrogens with zero attached hydrogens (tertiary/aromatic N) is 5. The third-order valence-corrected chi connectivity index (χ3v) is 7.89. The number of hydrogen-bond donors (Lipinski definition) is 1. The van der Waals surface area contributed by atoms with E-state index in [1.54, 1.807) is 17.1 Å². The van der Waals surface area contributed by atoms with Crippen molar-refractivity contribution >= 4 is 27.1 Å². The van der Waals surface area contributed by atoms with Crippen molar-refractivity contribution in [3.05, 3.63) is 72.8 Å². The quantitative estimate of drug-likeness (QED) is 0.334. The zero-order valence-corrected chi connectivity index (χ0v) is 19.3. The number of nitrogen functional groups attached to an aromatic ring is 1. The molecule has 3 aromatic heterocycles. The Hall–Kier alpha value is -3.79. The first-order valence-corrected chi connectivity index (χ1v) is 12.8. The topological polar surface area (TPSA) is 125 Å². The molecule has 0 aliphatic carbocycles. The van der Waals surface area contributed by atoms with E-state index < -0.39 is 9.84 Å². The largest absolute Gasteiger partial charge is 0.383 e. The van der Waals surface area contributed by atoms with Crippen molar-refractivity contribution in [3.63, 3.8) is 0 Å². The Kier molecular flexibility index (Phi) is 5.52. The average molecular weight is 477 g/mol. The normalized spacial score (nSPS) is 16.0. The minimum atomic E-state index is -3.07. The summed E-state index contributed by atoms with van der Waals surface area (Å²) in [6.07, 6.45) is 7.69.